The first kappa shape index (κ1) is 15.4. The number of nitrogens with zero attached hydrogens (tertiary/aromatic N) is 3. The van der Waals surface area contributed by atoms with Gasteiger partial charge < -0.3 is 10.4 Å². The number of aryl methyl sites for hydroxylation is 1. The number of aromatic nitrogens is 2. The third-order valence-electron chi connectivity index (χ3n) is 3.12. The van der Waals surface area contributed by atoms with Crippen LogP contribution in [0, 0.1) is 16.7 Å². The van der Waals surface area contributed by atoms with Crippen LogP contribution in [-0.4, -0.2) is 28.5 Å². The fourth-order valence-corrected chi connectivity index (χ4v) is 1.80. The lowest BCUT2D eigenvalue weighted by molar-refractivity contribution is 0.170. The highest BCUT2D eigenvalue weighted by Gasteiger charge is 2.19. The highest BCUT2D eigenvalue weighted by molar-refractivity contribution is 5.56. The molecule has 104 valence electrons. The van der Waals surface area contributed by atoms with Gasteiger partial charge in [-0.1, -0.05) is 27.7 Å². The van der Waals surface area contributed by atoms with Gasteiger partial charge in [-0.3, -0.25) is 0 Å². The average molecular weight is 262 g/mol. The van der Waals surface area contributed by atoms with Crippen molar-refractivity contribution in [1.29, 1.82) is 5.26 Å². The zero-order chi connectivity index (χ0) is 14.5. The molecule has 1 heterocycles. The van der Waals surface area contributed by atoms with E-state index in [1.165, 1.54) is 0 Å². The van der Waals surface area contributed by atoms with Crippen LogP contribution >= 0.6 is 0 Å². The maximum absolute atomic E-state index is 9.33. The van der Waals surface area contributed by atoms with Crippen LogP contribution in [0.25, 0.3) is 0 Å². The largest absolute Gasteiger partial charge is 0.396 e. The molecule has 0 bridgehead atoms. The SMILES string of the molecule is CCc1nnc(NCC(C)(C)CO)c(C#N)c1CC. The molecule has 1 aromatic heterocycles. The first-order valence-corrected chi connectivity index (χ1v) is 6.62. The molecule has 0 aliphatic rings. The Hall–Kier alpha value is -1.67. The van der Waals surface area contributed by atoms with Gasteiger partial charge in [0.05, 0.1) is 5.69 Å². The molecule has 0 atom stereocenters. The van der Waals surface area contributed by atoms with E-state index in [-0.39, 0.29) is 12.0 Å². The van der Waals surface area contributed by atoms with Crippen LogP contribution in [0.1, 0.15) is 44.5 Å². The maximum atomic E-state index is 9.33. The number of hydrogen-bond acceptors (Lipinski definition) is 5. The van der Waals surface area contributed by atoms with Gasteiger partial charge >= 0.3 is 0 Å². The van der Waals surface area contributed by atoms with E-state index in [2.05, 4.69) is 21.6 Å². The lowest BCUT2D eigenvalue weighted by Crippen LogP contribution is -2.27. The van der Waals surface area contributed by atoms with E-state index < -0.39 is 0 Å². The quantitative estimate of drug-likeness (QED) is 0.818. The summed E-state index contributed by atoms with van der Waals surface area (Å²) in [5, 5.41) is 30.0. The minimum absolute atomic E-state index is 0.0724. The summed E-state index contributed by atoms with van der Waals surface area (Å²) in [6.45, 7) is 8.52. The highest BCUT2D eigenvalue weighted by Crippen LogP contribution is 2.21. The highest BCUT2D eigenvalue weighted by atomic mass is 16.3. The third kappa shape index (κ3) is 3.65. The van der Waals surface area contributed by atoms with Crippen LogP contribution in [-0.2, 0) is 12.8 Å². The molecule has 0 spiro atoms. The fourth-order valence-electron chi connectivity index (χ4n) is 1.80. The summed E-state index contributed by atoms with van der Waals surface area (Å²) >= 11 is 0. The van der Waals surface area contributed by atoms with Gasteiger partial charge in [0, 0.05) is 18.6 Å². The maximum Gasteiger partial charge on any atom is 0.166 e. The second-order valence-corrected chi connectivity index (χ2v) is 5.34. The van der Waals surface area contributed by atoms with Crippen molar-refractivity contribution in [1.82, 2.24) is 10.2 Å². The first-order valence-electron chi connectivity index (χ1n) is 6.62. The minimum atomic E-state index is -0.260. The van der Waals surface area contributed by atoms with Gasteiger partial charge in [0.2, 0.25) is 0 Å². The topological polar surface area (TPSA) is 81.8 Å². The molecule has 1 aromatic rings. The van der Waals surface area contributed by atoms with Crippen LogP contribution in [0.15, 0.2) is 0 Å². The predicted molar refractivity (Wildman–Crippen MR) is 74.9 cm³/mol. The molecule has 0 radical (unpaired) electrons. The minimum Gasteiger partial charge on any atom is -0.396 e. The Morgan fingerprint density at radius 1 is 1.26 bits per heavy atom. The van der Waals surface area contributed by atoms with Crippen molar-refractivity contribution in [3.63, 3.8) is 0 Å². The van der Waals surface area contributed by atoms with E-state index in [1.54, 1.807) is 0 Å². The van der Waals surface area contributed by atoms with Gasteiger partial charge in [-0.2, -0.15) is 10.4 Å². The Morgan fingerprint density at radius 3 is 2.42 bits per heavy atom. The van der Waals surface area contributed by atoms with Gasteiger partial charge in [0.1, 0.15) is 11.6 Å². The van der Waals surface area contributed by atoms with Crippen molar-refractivity contribution in [2.24, 2.45) is 5.41 Å². The summed E-state index contributed by atoms with van der Waals surface area (Å²) in [6, 6.07) is 2.22. The Morgan fingerprint density at radius 2 is 1.95 bits per heavy atom. The molecule has 0 saturated carbocycles. The van der Waals surface area contributed by atoms with E-state index in [9.17, 15) is 10.4 Å². The van der Waals surface area contributed by atoms with Crippen LogP contribution in [0.4, 0.5) is 5.82 Å². The second kappa shape index (κ2) is 6.48. The molecule has 5 heteroatoms. The molecular weight excluding hydrogens is 240 g/mol. The predicted octanol–water partition coefficient (Wildman–Crippen LogP) is 1.90. The molecule has 0 aliphatic heterocycles. The number of hydrogen-bond donors (Lipinski definition) is 2. The van der Waals surface area contributed by atoms with Gasteiger partial charge in [-0.15, -0.1) is 5.10 Å². The smallest absolute Gasteiger partial charge is 0.166 e. The molecule has 0 fully saturated rings. The molecule has 0 amide bonds. The van der Waals surface area contributed by atoms with E-state index >= 15 is 0 Å². The molecule has 0 unspecified atom stereocenters. The van der Waals surface area contributed by atoms with Crippen molar-refractivity contribution in [3.05, 3.63) is 16.8 Å². The molecule has 5 nitrogen and oxygen atoms in total. The van der Waals surface area contributed by atoms with E-state index in [0.29, 0.717) is 17.9 Å². The van der Waals surface area contributed by atoms with Gasteiger partial charge in [0.25, 0.3) is 0 Å². The van der Waals surface area contributed by atoms with Crippen LogP contribution < -0.4 is 5.32 Å². The number of nitriles is 1. The summed E-state index contributed by atoms with van der Waals surface area (Å²) < 4.78 is 0. The van der Waals surface area contributed by atoms with Gasteiger partial charge in [0.15, 0.2) is 5.82 Å². The third-order valence-corrected chi connectivity index (χ3v) is 3.12. The summed E-state index contributed by atoms with van der Waals surface area (Å²) in [5.74, 6) is 0.512. The molecule has 0 saturated heterocycles. The van der Waals surface area contributed by atoms with Crippen LogP contribution in [0.5, 0.6) is 0 Å². The van der Waals surface area contributed by atoms with Gasteiger partial charge in [-0.05, 0) is 18.4 Å². The normalized spacial score (nSPS) is 11.2. The van der Waals surface area contributed by atoms with Crippen molar-refractivity contribution < 1.29 is 5.11 Å². The number of aliphatic hydroxyl groups is 1. The summed E-state index contributed by atoms with van der Waals surface area (Å²) in [5.41, 5.74) is 2.16. The number of nitrogens with one attached hydrogen (secondary N) is 1. The van der Waals surface area contributed by atoms with Crippen molar-refractivity contribution >= 4 is 5.82 Å². The molecule has 0 aliphatic carbocycles. The Balaban J connectivity index is 3.06. The molecule has 19 heavy (non-hydrogen) atoms. The van der Waals surface area contributed by atoms with Crippen LogP contribution in [0.2, 0.25) is 0 Å². The molecule has 2 N–H and O–H groups in total. The van der Waals surface area contributed by atoms with Crippen LogP contribution in [0.3, 0.4) is 0 Å². The Kier molecular flexibility index (Phi) is 5.25. The summed E-state index contributed by atoms with van der Waals surface area (Å²) in [6.07, 6.45) is 1.53. The van der Waals surface area contributed by atoms with E-state index in [0.717, 1.165) is 24.1 Å². The summed E-state index contributed by atoms with van der Waals surface area (Å²) in [4.78, 5) is 0. The standard InChI is InChI=1S/C14H22N4O/c1-5-10-11(7-15)13(18-17-12(10)6-2)16-8-14(3,4)9-19/h19H,5-6,8-9H2,1-4H3,(H,16,18). The lowest BCUT2D eigenvalue weighted by Gasteiger charge is -2.22. The monoisotopic (exact) mass is 262 g/mol. The second-order valence-electron chi connectivity index (χ2n) is 5.34. The number of rotatable bonds is 6. The fraction of sp³-hybridized carbons (Fsp3) is 0.643. The molecular formula is C14H22N4O. The Bertz CT molecular complexity index is 477. The summed E-state index contributed by atoms with van der Waals surface area (Å²) in [7, 11) is 0. The molecule has 1 rings (SSSR count). The van der Waals surface area contributed by atoms with E-state index in [1.807, 2.05) is 27.7 Å². The van der Waals surface area contributed by atoms with Crippen molar-refractivity contribution in [2.45, 2.75) is 40.5 Å². The Labute approximate surface area is 114 Å². The molecule has 0 aromatic carbocycles. The zero-order valence-corrected chi connectivity index (χ0v) is 12.1. The average Bonchev–Trinajstić information content (AvgIpc) is 2.43. The zero-order valence-electron chi connectivity index (χ0n) is 12.1. The number of aliphatic hydroxyl groups excluding tert-OH is 1. The first-order chi connectivity index (χ1) is 8.99. The van der Waals surface area contributed by atoms with Crippen molar-refractivity contribution in [2.75, 3.05) is 18.5 Å². The lowest BCUT2D eigenvalue weighted by atomic mass is 9.95. The number of anilines is 1. The van der Waals surface area contributed by atoms with Crippen molar-refractivity contribution in [3.8, 4) is 6.07 Å². The van der Waals surface area contributed by atoms with E-state index in [4.69, 9.17) is 0 Å². The van der Waals surface area contributed by atoms with Gasteiger partial charge in [-0.25, -0.2) is 0 Å².